The Morgan fingerprint density at radius 2 is 1.32 bits per heavy atom. The Hall–Kier alpha value is -0.0800. The highest BCUT2D eigenvalue weighted by Gasteiger charge is 2.23. The van der Waals surface area contributed by atoms with Crippen LogP contribution in [0.15, 0.2) is 0 Å². The summed E-state index contributed by atoms with van der Waals surface area (Å²) in [5.41, 5.74) is 0. The zero-order chi connectivity index (χ0) is 15.9. The van der Waals surface area contributed by atoms with E-state index >= 15 is 0 Å². The van der Waals surface area contributed by atoms with E-state index in [-0.39, 0.29) is 12.2 Å². The molecule has 1 fully saturated rings. The molecule has 0 amide bonds. The van der Waals surface area contributed by atoms with Crippen LogP contribution in [-0.4, -0.2) is 23.9 Å². The van der Waals surface area contributed by atoms with Crippen LogP contribution in [0.1, 0.15) is 110 Å². The van der Waals surface area contributed by atoms with Crippen molar-refractivity contribution in [2.75, 3.05) is 6.61 Å². The van der Waals surface area contributed by atoms with Crippen LogP contribution in [-0.2, 0) is 4.74 Å². The van der Waals surface area contributed by atoms with Gasteiger partial charge in [0, 0.05) is 6.61 Å². The van der Waals surface area contributed by atoms with Crippen molar-refractivity contribution in [3.8, 4) is 0 Å². The first-order valence-electron chi connectivity index (χ1n) is 10.1. The number of unbranched alkanes of at least 4 members (excludes halogenated alkanes) is 12. The molecule has 0 spiro atoms. The molecule has 2 unspecified atom stereocenters. The first-order chi connectivity index (χ1) is 10.8. The summed E-state index contributed by atoms with van der Waals surface area (Å²) in [4.78, 5) is 0. The molecule has 1 aliphatic rings. The molecule has 2 heteroatoms. The lowest BCUT2D eigenvalue weighted by atomic mass is 10.0. The van der Waals surface area contributed by atoms with Gasteiger partial charge in [-0.05, 0) is 19.3 Å². The molecule has 22 heavy (non-hydrogen) atoms. The van der Waals surface area contributed by atoms with E-state index in [2.05, 4.69) is 6.92 Å². The molecule has 0 aromatic rings. The van der Waals surface area contributed by atoms with Gasteiger partial charge in [0.25, 0.3) is 0 Å². The minimum Gasteiger partial charge on any atom is -0.390 e. The first-order valence-corrected chi connectivity index (χ1v) is 10.1. The molecule has 0 aromatic heterocycles. The van der Waals surface area contributed by atoms with Crippen molar-refractivity contribution >= 4 is 0 Å². The van der Waals surface area contributed by atoms with Crippen LogP contribution < -0.4 is 0 Å². The van der Waals surface area contributed by atoms with Crippen molar-refractivity contribution in [2.24, 2.45) is 0 Å². The molecule has 1 rings (SSSR count). The molecule has 0 aliphatic carbocycles. The molecule has 0 bridgehead atoms. The Morgan fingerprint density at radius 1 is 0.818 bits per heavy atom. The predicted molar refractivity (Wildman–Crippen MR) is 95.3 cm³/mol. The molecule has 0 saturated carbocycles. The van der Waals surface area contributed by atoms with E-state index in [1.54, 1.807) is 0 Å². The van der Waals surface area contributed by atoms with Gasteiger partial charge in [0.15, 0.2) is 0 Å². The molecular weight excluding hydrogens is 272 g/mol. The fourth-order valence-electron chi connectivity index (χ4n) is 3.46. The molecular formula is C20H40O2. The molecule has 2 atom stereocenters. The summed E-state index contributed by atoms with van der Waals surface area (Å²) in [5, 5.41) is 10.0. The van der Waals surface area contributed by atoms with Crippen molar-refractivity contribution in [3.05, 3.63) is 0 Å². The van der Waals surface area contributed by atoms with Gasteiger partial charge in [0.05, 0.1) is 12.2 Å². The van der Waals surface area contributed by atoms with Crippen LogP contribution in [0, 0.1) is 0 Å². The summed E-state index contributed by atoms with van der Waals surface area (Å²) in [7, 11) is 0. The summed E-state index contributed by atoms with van der Waals surface area (Å²) in [6.07, 6.45) is 21.0. The van der Waals surface area contributed by atoms with E-state index in [4.69, 9.17) is 4.74 Å². The van der Waals surface area contributed by atoms with Gasteiger partial charge in [-0.25, -0.2) is 0 Å². The maximum atomic E-state index is 10.0. The summed E-state index contributed by atoms with van der Waals surface area (Å²) < 4.78 is 5.53. The van der Waals surface area contributed by atoms with Crippen molar-refractivity contribution in [2.45, 2.75) is 122 Å². The highest BCUT2D eigenvalue weighted by molar-refractivity contribution is 4.73. The van der Waals surface area contributed by atoms with E-state index in [1.807, 2.05) is 0 Å². The van der Waals surface area contributed by atoms with Crippen LogP contribution in [0.5, 0.6) is 0 Å². The van der Waals surface area contributed by atoms with Crippen LogP contribution >= 0.6 is 0 Å². The Kier molecular flexibility index (Phi) is 13.2. The number of ether oxygens (including phenoxy) is 1. The van der Waals surface area contributed by atoms with Gasteiger partial charge in [-0.15, -0.1) is 0 Å². The minimum atomic E-state index is -0.213. The van der Waals surface area contributed by atoms with Gasteiger partial charge in [-0.1, -0.05) is 90.4 Å². The summed E-state index contributed by atoms with van der Waals surface area (Å²) >= 11 is 0. The van der Waals surface area contributed by atoms with Crippen molar-refractivity contribution in [3.63, 3.8) is 0 Å². The summed E-state index contributed by atoms with van der Waals surface area (Å²) in [6.45, 7) is 3.13. The lowest BCUT2D eigenvalue weighted by molar-refractivity contribution is -0.00636. The highest BCUT2D eigenvalue weighted by Crippen LogP contribution is 2.20. The van der Waals surface area contributed by atoms with E-state index in [0.29, 0.717) is 0 Å². The Labute approximate surface area is 139 Å². The third-order valence-electron chi connectivity index (χ3n) is 5.00. The minimum absolute atomic E-state index is 0.136. The second kappa shape index (κ2) is 14.5. The number of hydrogen-bond donors (Lipinski definition) is 1. The Balaban J connectivity index is 1.72. The van der Waals surface area contributed by atoms with Gasteiger partial charge in [-0.2, -0.15) is 0 Å². The quantitative estimate of drug-likeness (QED) is 0.375. The Bertz CT molecular complexity index is 224. The molecule has 1 aliphatic heterocycles. The zero-order valence-electron chi connectivity index (χ0n) is 15.0. The standard InChI is InChI=1S/C20H40O2/c1-2-3-4-5-6-7-8-9-10-11-12-13-14-16-19(21)20-17-15-18-22-20/h19-21H,2-18H2,1H3. The second-order valence-corrected chi connectivity index (χ2v) is 7.15. The van der Waals surface area contributed by atoms with E-state index in [0.717, 1.165) is 25.9 Å². The second-order valence-electron chi connectivity index (χ2n) is 7.15. The summed E-state index contributed by atoms with van der Waals surface area (Å²) in [5.74, 6) is 0. The highest BCUT2D eigenvalue weighted by atomic mass is 16.5. The monoisotopic (exact) mass is 312 g/mol. The van der Waals surface area contributed by atoms with Crippen LogP contribution in [0.3, 0.4) is 0 Å². The van der Waals surface area contributed by atoms with Gasteiger partial charge in [0.1, 0.15) is 0 Å². The molecule has 132 valence electrons. The topological polar surface area (TPSA) is 29.5 Å². The number of rotatable bonds is 15. The predicted octanol–water partition coefficient (Wildman–Crippen LogP) is 6.01. The molecule has 1 saturated heterocycles. The normalized spacial score (nSPS) is 19.6. The maximum Gasteiger partial charge on any atom is 0.0834 e. The van der Waals surface area contributed by atoms with Crippen molar-refractivity contribution in [1.82, 2.24) is 0 Å². The summed E-state index contributed by atoms with van der Waals surface area (Å²) in [6, 6.07) is 0. The van der Waals surface area contributed by atoms with E-state index < -0.39 is 0 Å². The van der Waals surface area contributed by atoms with E-state index in [9.17, 15) is 5.11 Å². The zero-order valence-corrected chi connectivity index (χ0v) is 15.0. The van der Waals surface area contributed by atoms with E-state index in [1.165, 1.54) is 83.5 Å². The average molecular weight is 313 g/mol. The SMILES string of the molecule is CCCCCCCCCCCCCCCC(O)C1CCCO1. The largest absolute Gasteiger partial charge is 0.390 e. The first kappa shape index (κ1) is 20.0. The molecule has 1 N–H and O–H groups in total. The van der Waals surface area contributed by atoms with Gasteiger partial charge in [-0.3, -0.25) is 0 Å². The molecule has 0 aromatic carbocycles. The smallest absolute Gasteiger partial charge is 0.0834 e. The molecule has 1 heterocycles. The number of hydrogen-bond acceptors (Lipinski definition) is 2. The molecule has 0 radical (unpaired) electrons. The van der Waals surface area contributed by atoms with Gasteiger partial charge < -0.3 is 9.84 Å². The van der Waals surface area contributed by atoms with Crippen molar-refractivity contribution < 1.29 is 9.84 Å². The third-order valence-corrected chi connectivity index (χ3v) is 5.00. The van der Waals surface area contributed by atoms with Gasteiger partial charge >= 0.3 is 0 Å². The van der Waals surface area contributed by atoms with Crippen LogP contribution in [0.25, 0.3) is 0 Å². The number of aliphatic hydroxyl groups is 1. The lowest BCUT2D eigenvalue weighted by Crippen LogP contribution is -2.24. The average Bonchev–Trinajstić information content (AvgIpc) is 3.06. The van der Waals surface area contributed by atoms with Crippen LogP contribution in [0.2, 0.25) is 0 Å². The van der Waals surface area contributed by atoms with Gasteiger partial charge in [0.2, 0.25) is 0 Å². The maximum absolute atomic E-state index is 10.0. The van der Waals surface area contributed by atoms with Crippen LogP contribution in [0.4, 0.5) is 0 Å². The molecule has 2 nitrogen and oxygen atoms in total. The van der Waals surface area contributed by atoms with Crippen molar-refractivity contribution in [1.29, 1.82) is 0 Å². The third kappa shape index (κ3) is 10.6. The fraction of sp³-hybridized carbons (Fsp3) is 1.00. The Morgan fingerprint density at radius 3 is 1.77 bits per heavy atom. The fourth-order valence-corrected chi connectivity index (χ4v) is 3.46. The lowest BCUT2D eigenvalue weighted by Gasteiger charge is -2.16. The number of aliphatic hydroxyl groups excluding tert-OH is 1.